The van der Waals surface area contributed by atoms with Crippen molar-refractivity contribution < 1.29 is 28.7 Å². The lowest BCUT2D eigenvalue weighted by molar-refractivity contribution is -0.158. The van der Waals surface area contributed by atoms with E-state index < -0.39 is 41.9 Å². The zero-order valence-electron chi connectivity index (χ0n) is 20.2. The highest BCUT2D eigenvalue weighted by molar-refractivity contribution is 7.99. The molecule has 34 heavy (non-hydrogen) atoms. The minimum absolute atomic E-state index is 0.104. The molecule has 9 nitrogen and oxygen atoms in total. The van der Waals surface area contributed by atoms with Crippen LogP contribution in [0, 0.1) is 5.92 Å². The fourth-order valence-corrected chi connectivity index (χ4v) is 4.69. The van der Waals surface area contributed by atoms with Gasteiger partial charge >= 0.3 is 5.97 Å². The first kappa shape index (κ1) is 27.4. The highest BCUT2D eigenvalue weighted by Gasteiger charge is 2.40. The number of esters is 1. The summed E-state index contributed by atoms with van der Waals surface area (Å²) in [5, 5.41) is 5.33. The number of amides is 3. The Kier molecular flexibility index (Phi) is 10.1. The second kappa shape index (κ2) is 12.5. The normalized spacial score (nSPS) is 17.3. The molecule has 3 atom stereocenters. The molecule has 0 aliphatic carbocycles. The molecule has 2 rings (SSSR count). The number of hydrogen-bond donors (Lipinski definition) is 2. The Balaban J connectivity index is 2.21. The molecule has 186 valence electrons. The fourth-order valence-electron chi connectivity index (χ4n) is 3.53. The summed E-state index contributed by atoms with van der Waals surface area (Å²) in [7, 11) is 0. The number of hydrogen-bond acceptors (Lipinski definition) is 7. The summed E-state index contributed by atoms with van der Waals surface area (Å²) < 4.78 is 5.04. The summed E-state index contributed by atoms with van der Waals surface area (Å²) in [5.74, 6) is -2.66. The molecule has 1 aliphatic heterocycles. The molecule has 0 radical (unpaired) electrons. The molecule has 0 spiro atoms. The van der Waals surface area contributed by atoms with Crippen molar-refractivity contribution in [1.29, 1.82) is 0 Å². The van der Waals surface area contributed by atoms with Gasteiger partial charge in [0.25, 0.3) is 5.78 Å². The Morgan fingerprint density at radius 1 is 1.06 bits per heavy atom. The largest absolute Gasteiger partial charge is 0.457 e. The summed E-state index contributed by atoms with van der Waals surface area (Å²) >= 11 is 1.40. The molecule has 0 bridgehead atoms. The van der Waals surface area contributed by atoms with Gasteiger partial charge in [0.05, 0.1) is 12.0 Å². The molecule has 1 aliphatic rings. The lowest BCUT2D eigenvalue weighted by Crippen LogP contribution is -2.57. The molecule has 3 amide bonds. The maximum absolute atomic E-state index is 13.2. The lowest BCUT2D eigenvalue weighted by atomic mass is 10.0. The summed E-state index contributed by atoms with van der Waals surface area (Å²) in [4.78, 5) is 64.5. The molecular formula is C24H33N3O6S. The number of nitrogens with zero attached hydrogens (tertiary/aromatic N) is 1. The van der Waals surface area contributed by atoms with Crippen LogP contribution in [0.4, 0.5) is 0 Å². The molecule has 1 aromatic carbocycles. The van der Waals surface area contributed by atoms with Gasteiger partial charge in [-0.05, 0) is 25.3 Å². The van der Waals surface area contributed by atoms with Crippen molar-refractivity contribution in [2.75, 3.05) is 11.6 Å². The Morgan fingerprint density at radius 2 is 1.71 bits per heavy atom. The maximum atomic E-state index is 13.2. The molecule has 1 aromatic rings. The van der Waals surface area contributed by atoms with E-state index in [1.807, 2.05) is 19.9 Å². The van der Waals surface area contributed by atoms with Crippen molar-refractivity contribution in [1.82, 2.24) is 15.5 Å². The minimum Gasteiger partial charge on any atom is -0.457 e. The lowest BCUT2D eigenvalue weighted by Gasteiger charge is -2.30. The first-order valence-corrected chi connectivity index (χ1v) is 12.4. The van der Waals surface area contributed by atoms with Crippen LogP contribution in [0.3, 0.4) is 0 Å². The van der Waals surface area contributed by atoms with E-state index in [4.69, 9.17) is 4.74 Å². The van der Waals surface area contributed by atoms with Crippen molar-refractivity contribution in [2.45, 2.75) is 65.3 Å². The quantitative estimate of drug-likeness (QED) is 0.374. The Labute approximate surface area is 204 Å². The standard InChI is InChI=1S/C24H33N3O6S/c1-14(2)20(25-16(5)28)23(31)27-13-34-12-19(27)22(30)26-18(11-17-9-7-6-8-10-17)21(29)24(32)33-15(3)4/h6-10,14-15,18-20H,11-13H2,1-5H3,(H,25,28)(H,26,30)/t18-,19-,20-/m0/s1. The number of ether oxygens (including phenoxy) is 1. The third-order valence-corrected chi connectivity index (χ3v) is 6.23. The zero-order chi connectivity index (χ0) is 25.4. The second-order valence-corrected chi connectivity index (χ2v) is 9.81. The van der Waals surface area contributed by atoms with Gasteiger partial charge in [-0.25, -0.2) is 4.79 Å². The summed E-state index contributed by atoms with van der Waals surface area (Å²) in [6.07, 6.45) is -0.377. The number of Topliss-reactive ketones (excluding diaryl/α,β-unsaturated/α-hetero) is 1. The van der Waals surface area contributed by atoms with Crippen LogP contribution >= 0.6 is 11.8 Å². The van der Waals surface area contributed by atoms with Gasteiger partial charge in [0.15, 0.2) is 0 Å². The predicted molar refractivity (Wildman–Crippen MR) is 129 cm³/mol. The highest BCUT2D eigenvalue weighted by Crippen LogP contribution is 2.23. The van der Waals surface area contributed by atoms with Crippen LogP contribution in [0.25, 0.3) is 0 Å². The van der Waals surface area contributed by atoms with E-state index in [9.17, 15) is 24.0 Å². The second-order valence-electron chi connectivity index (χ2n) is 8.82. The van der Waals surface area contributed by atoms with Gasteiger partial charge in [-0.1, -0.05) is 44.2 Å². The molecule has 1 fully saturated rings. The Morgan fingerprint density at radius 3 is 2.26 bits per heavy atom. The number of carbonyl (C=O) groups is 5. The van der Waals surface area contributed by atoms with E-state index in [1.165, 1.54) is 23.6 Å². The topological polar surface area (TPSA) is 122 Å². The van der Waals surface area contributed by atoms with Crippen molar-refractivity contribution in [3.8, 4) is 0 Å². The van der Waals surface area contributed by atoms with Gasteiger partial charge in [0.2, 0.25) is 17.7 Å². The van der Waals surface area contributed by atoms with Crippen molar-refractivity contribution >= 4 is 41.2 Å². The summed E-state index contributed by atoms with van der Waals surface area (Å²) in [6, 6.07) is 6.27. The third kappa shape index (κ3) is 7.58. The van der Waals surface area contributed by atoms with E-state index in [1.54, 1.807) is 38.1 Å². The van der Waals surface area contributed by atoms with E-state index in [-0.39, 0.29) is 30.0 Å². The van der Waals surface area contributed by atoms with Gasteiger partial charge in [0, 0.05) is 19.1 Å². The van der Waals surface area contributed by atoms with Crippen LogP contribution in [0.15, 0.2) is 30.3 Å². The van der Waals surface area contributed by atoms with Crippen LogP contribution in [0.1, 0.15) is 40.2 Å². The number of nitrogens with one attached hydrogen (secondary N) is 2. The highest BCUT2D eigenvalue weighted by atomic mass is 32.2. The first-order valence-electron chi connectivity index (χ1n) is 11.3. The van der Waals surface area contributed by atoms with Crippen LogP contribution in [-0.2, 0) is 35.1 Å². The van der Waals surface area contributed by atoms with E-state index in [0.717, 1.165) is 5.56 Å². The smallest absolute Gasteiger partial charge is 0.377 e. The van der Waals surface area contributed by atoms with E-state index in [2.05, 4.69) is 10.6 Å². The first-order chi connectivity index (χ1) is 16.0. The summed E-state index contributed by atoms with van der Waals surface area (Å²) in [5.41, 5.74) is 0.762. The number of thioether (sulfide) groups is 1. The molecule has 0 saturated carbocycles. The van der Waals surface area contributed by atoms with Gasteiger partial charge < -0.3 is 20.3 Å². The monoisotopic (exact) mass is 491 g/mol. The van der Waals surface area contributed by atoms with Crippen molar-refractivity contribution in [2.24, 2.45) is 5.92 Å². The molecule has 0 aromatic heterocycles. The average molecular weight is 492 g/mol. The SMILES string of the molecule is CC(=O)N[C@H](C(=O)N1CSC[C@H]1C(=O)N[C@@H](Cc1ccccc1)C(=O)C(=O)OC(C)C)C(C)C. The number of rotatable bonds is 10. The number of ketones is 1. The van der Waals surface area contributed by atoms with Gasteiger partial charge in [-0.2, -0.15) is 0 Å². The molecule has 0 unspecified atom stereocenters. The molecule has 2 N–H and O–H groups in total. The van der Waals surface area contributed by atoms with Gasteiger partial charge in [-0.3, -0.25) is 19.2 Å². The molecule has 1 saturated heterocycles. The van der Waals surface area contributed by atoms with Crippen molar-refractivity contribution in [3.05, 3.63) is 35.9 Å². The molecule has 1 heterocycles. The Hall–Kier alpha value is -2.88. The van der Waals surface area contributed by atoms with Crippen molar-refractivity contribution in [3.63, 3.8) is 0 Å². The van der Waals surface area contributed by atoms with E-state index in [0.29, 0.717) is 5.75 Å². The minimum atomic E-state index is -1.14. The predicted octanol–water partition coefficient (Wildman–Crippen LogP) is 1.30. The molecular weight excluding hydrogens is 458 g/mol. The van der Waals surface area contributed by atoms with Crippen LogP contribution in [-0.4, -0.2) is 70.2 Å². The van der Waals surface area contributed by atoms with Crippen LogP contribution in [0.2, 0.25) is 0 Å². The maximum Gasteiger partial charge on any atom is 0.377 e. The van der Waals surface area contributed by atoms with E-state index >= 15 is 0 Å². The van der Waals surface area contributed by atoms with Gasteiger partial charge in [0.1, 0.15) is 18.1 Å². The van der Waals surface area contributed by atoms with Crippen LogP contribution in [0.5, 0.6) is 0 Å². The molecule has 10 heteroatoms. The van der Waals surface area contributed by atoms with Gasteiger partial charge in [-0.15, -0.1) is 11.8 Å². The number of benzene rings is 1. The third-order valence-electron chi connectivity index (χ3n) is 5.22. The Bertz CT molecular complexity index is 905. The fraction of sp³-hybridized carbons (Fsp3) is 0.542. The van der Waals surface area contributed by atoms with Crippen LogP contribution < -0.4 is 10.6 Å². The average Bonchev–Trinajstić information content (AvgIpc) is 3.26. The zero-order valence-corrected chi connectivity index (χ0v) is 21.0. The number of carbonyl (C=O) groups excluding carboxylic acids is 5. The summed E-state index contributed by atoms with van der Waals surface area (Å²) in [6.45, 7) is 8.23.